The number of nitrogens with zero attached hydrogens (tertiary/aromatic N) is 3. The molecule has 2 aromatic heterocycles. The van der Waals surface area contributed by atoms with Gasteiger partial charge in [0.25, 0.3) is 5.91 Å². The fraction of sp³-hybridized carbons (Fsp3) is 0.562. The first-order valence-electron chi connectivity index (χ1n) is 7.57. The molecule has 0 saturated heterocycles. The number of carbonyl (C=O) groups is 1. The fourth-order valence-electron chi connectivity index (χ4n) is 2.24. The Kier molecular flexibility index (Phi) is 4.51. The molecule has 0 spiro atoms. The number of aromatic nitrogens is 3. The van der Waals surface area contributed by atoms with E-state index in [1.54, 1.807) is 26.1 Å². The van der Waals surface area contributed by atoms with Crippen LogP contribution in [0.4, 0.5) is 0 Å². The topological polar surface area (TPSA) is 80.0 Å². The molecule has 1 amide bonds. The highest BCUT2D eigenvalue weighted by atomic mass is 16.3. The number of nitrogens with one attached hydrogen (secondary N) is 1. The van der Waals surface area contributed by atoms with Gasteiger partial charge in [-0.2, -0.15) is 5.10 Å². The van der Waals surface area contributed by atoms with Crippen LogP contribution in [0.15, 0.2) is 12.3 Å². The van der Waals surface area contributed by atoms with Gasteiger partial charge in [0.05, 0.1) is 35.3 Å². The van der Waals surface area contributed by atoms with Gasteiger partial charge in [-0.25, -0.2) is 9.67 Å². The number of hydrogen-bond acceptors (Lipinski definition) is 4. The summed E-state index contributed by atoms with van der Waals surface area (Å²) < 4.78 is 1.86. The summed E-state index contributed by atoms with van der Waals surface area (Å²) in [7, 11) is 0. The van der Waals surface area contributed by atoms with E-state index >= 15 is 0 Å². The number of carbonyl (C=O) groups excluding carboxylic acids is 1. The highest BCUT2D eigenvalue weighted by Gasteiger charge is 2.23. The van der Waals surface area contributed by atoms with Crippen molar-refractivity contribution in [2.45, 2.75) is 52.6 Å². The fourth-order valence-corrected chi connectivity index (χ4v) is 2.24. The number of aryl methyl sites for hydroxylation is 1. The molecule has 1 unspecified atom stereocenters. The van der Waals surface area contributed by atoms with Crippen LogP contribution in [0.2, 0.25) is 0 Å². The zero-order valence-electron chi connectivity index (χ0n) is 13.8. The van der Waals surface area contributed by atoms with Crippen LogP contribution in [0.1, 0.15) is 56.2 Å². The van der Waals surface area contributed by atoms with Crippen molar-refractivity contribution in [2.75, 3.05) is 6.61 Å². The van der Waals surface area contributed by atoms with Crippen LogP contribution in [0, 0.1) is 6.92 Å². The molecule has 0 aliphatic heterocycles. The second-order valence-corrected chi connectivity index (χ2v) is 6.39. The van der Waals surface area contributed by atoms with Crippen LogP contribution in [-0.4, -0.2) is 37.9 Å². The molecule has 2 rings (SSSR count). The Morgan fingerprint density at radius 1 is 1.50 bits per heavy atom. The Morgan fingerprint density at radius 3 is 2.77 bits per heavy atom. The number of fused-ring (bicyclic) bond motifs is 1. The monoisotopic (exact) mass is 304 g/mol. The Morgan fingerprint density at radius 2 is 2.18 bits per heavy atom. The summed E-state index contributed by atoms with van der Waals surface area (Å²) in [6.07, 6.45) is 2.63. The Labute approximate surface area is 130 Å². The van der Waals surface area contributed by atoms with Crippen molar-refractivity contribution < 1.29 is 9.90 Å². The second-order valence-electron chi connectivity index (χ2n) is 6.39. The summed E-state index contributed by atoms with van der Waals surface area (Å²) in [5.41, 5.74) is 1.36. The standard InChI is InChI=1S/C16H24N4O2/c1-6-11(3)20-14-13(8-17-20)12(7-10(2)18-14)15(22)19-16(4,5)9-21/h7-8,11,21H,6,9H2,1-5H3,(H,19,22). The minimum absolute atomic E-state index is 0.127. The van der Waals surface area contributed by atoms with Crippen LogP contribution >= 0.6 is 0 Å². The van der Waals surface area contributed by atoms with Crippen LogP contribution in [0.3, 0.4) is 0 Å². The van der Waals surface area contributed by atoms with Gasteiger partial charge in [-0.05, 0) is 40.2 Å². The smallest absolute Gasteiger partial charge is 0.252 e. The maximum atomic E-state index is 12.5. The minimum Gasteiger partial charge on any atom is -0.394 e. The van der Waals surface area contributed by atoms with Gasteiger partial charge in [-0.1, -0.05) is 6.92 Å². The van der Waals surface area contributed by atoms with Crippen molar-refractivity contribution in [3.63, 3.8) is 0 Å². The van der Waals surface area contributed by atoms with Gasteiger partial charge in [-0.15, -0.1) is 0 Å². The highest BCUT2D eigenvalue weighted by Crippen LogP contribution is 2.22. The number of hydrogen-bond donors (Lipinski definition) is 2. The molecular formula is C16H24N4O2. The molecule has 2 aromatic rings. The SMILES string of the molecule is CCC(C)n1ncc2c(C(=O)NC(C)(C)CO)cc(C)nc21. The maximum Gasteiger partial charge on any atom is 0.252 e. The van der Waals surface area contributed by atoms with Gasteiger partial charge >= 0.3 is 0 Å². The molecule has 2 heterocycles. The zero-order valence-corrected chi connectivity index (χ0v) is 13.8. The molecule has 0 aliphatic rings. The van der Waals surface area contributed by atoms with Crippen molar-refractivity contribution in [1.82, 2.24) is 20.1 Å². The molecular weight excluding hydrogens is 280 g/mol. The van der Waals surface area contributed by atoms with E-state index in [-0.39, 0.29) is 18.6 Å². The van der Waals surface area contributed by atoms with E-state index in [1.165, 1.54) is 0 Å². The normalized spacial score (nSPS) is 13.4. The second kappa shape index (κ2) is 6.04. The first-order valence-corrected chi connectivity index (χ1v) is 7.57. The lowest BCUT2D eigenvalue weighted by molar-refractivity contribution is 0.0871. The molecule has 120 valence electrons. The minimum atomic E-state index is -0.673. The molecule has 2 N–H and O–H groups in total. The third-order valence-electron chi connectivity index (χ3n) is 3.79. The van der Waals surface area contributed by atoms with Gasteiger partial charge in [0.1, 0.15) is 0 Å². The van der Waals surface area contributed by atoms with Gasteiger partial charge in [0, 0.05) is 5.69 Å². The Bertz CT molecular complexity index is 691. The molecule has 0 radical (unpaired) electrons. The van der Waals surface area contributed by atoms with E-state index in [1.807, 2.05) is 11.6 Å². The predicted octanol–water partition coefficient (Wildman–Crippen LogP) is 2.21. The third kappa shape index (κ3) is 3.11. The third-order valence-corrected chi connectivity index (χ3v) is 3.79. The molecule has 0 fully saturated rings. The molecule has 6 nitrogen and oxygen atoms in total. The van der Waals surface area contributed by atoms with E-state index in [0.29, 0.717) is 5.56 Å². The zero-order chi connectivity index (χ0) is 16.5. The average molecular weight is 304 g/mol. The first-order chi connectivity index (χ1) is 10.3. The number of aliphatic hydroxyl groups is 1. The summed E-state index contributed by atoms with van der Waals surface area (Å²) in [5.74, 6) is -0.224. The lowest BCUT2D eigenvalue weighted by Gasteiger charge is -2.23. The van der Waals surface area contributed by atoms with Crippen molar-refractivity contribution in [1.29, 1.82) is 0 Å². The number of pyridine rings is 1. The van der Waals surface area contributed by atoms with Crippen LogP contribution in [-0.2, 0) is 0 Å². The summed E-state index contributed by atoms with van der Waals surface area (Å²) in [6.45, 7) is 9.45. The van der Waals surface area contributed by atoms with Crippen LogP contribution in [0.25, 0.3) is 11.0 Å². The first kappa shape index (κ1) is 16.4. The van der Waals surface area contributed by atoms with Gasteiger partial charge in [0.15, 0.2) is 5.65 Å². The van der Waals surface area contributed by atoms with Crippen molar-refractivity contribution in [3.8, 4) is 0 Å². The van der Waals surface area contributed by atoms with E-state index in [0.717, 1.165) is 23.1 Å². The van der Waals surface area contributed by atoms with Gasteiger partial charge in [0.2, 0.25) is 0 Å². The summed E-state index contributed by atoms with van der Waals surface area (Å²) in [6, 6.07) is 1.98. The Hall–Kier alpha value is -1.95. The van der Waals surface area contributed by atoms with Gasteiger partial charge in [-0.3, -0.25) is 4.79 Å². The molecule has 0 aliphatic carbocycles. The van der Waals surface area contributed by atoms with E-state index in [2.05, 4.69) is 29.2 Å². The lowest BCUT2D eigenvalue weighted by Crippen LogP contribution is -2.46. The summed E-state index contributed by atoms with van der Waals surface area (Å²) in [5, 5.41) is 17.3. The number of aliphatic hydroxyl groups excluding tert-OH is 1. The Balaban J connectivity index is 2.51. The lowest BCUT2D eigenvalue weighted by atomic mass is 10.1. The number of amides is 1. The van der Waals surface area contributed by atoms with Crippen molar-refractivity contribution in [2.24, 2.45) is 0 Å². The van der Waals surface area contributed by atoms with E-state index in [9.17, 15) is 9.90 Å². The molecule has 0 saturated carbocycles. The molecule has 6 heteroatoms. The molecule has 0 bridgehead atoms. The number of rotatable bonds is 5. The van der Waals surface area contributed by atoms with Crippen LogP contribution in [0.5, 0.6) is 0 Å². The van der Waals surface area contributed by atoms with E-state index in [4.69, 9.17) is 0 Å². The predicted molar refractivity (Wildman–Crippen MR) is 85.9 cm³/mol. The maximum absolute atomic E-state index is 12.5. The summed E-state index contributed by atoms with van der Waals surface area (Å²) in [4.78, 5) is 17.1. The molecule has 0 aromatic carbocycles. The van der Waals surface area contributed by atoms with Crippen molar-refractivity contribution >= 4 is 16.9 Å². The molecule has 1 atom stereocenters. The van der Waals surface area contributed by atoms with Crippen molar-refractivity contribution in [3.05, 3.63) is 23.5 Å². The largest absolute Gasteiger partial charge is 0.394 e. The quantitative estimate of drug-likeness (QED) is 0.887. The summed E-state index contributed by atoms with van der Waals surface area (Å²) >= 11 is 0. The van der Waals surface area contributed by atoms with Gasteiger partial charge < -0.3 is 10.4 Å². The van der Waals surface area contributed by atoms with E-state index < -0.39 is 5.54 Å². The van der Waals surface area contributed by atoms with Crippen LogP contribution < -0.4 is 5.32 Å². The average Bonchev–Trinajstić information content (AvgIpc) is 2.88. The molecule has 22 heavy (non-hydrogen) atoms. The highest BCUT2D eigenvalue weighted by molar-refractivity contribution is 6.05.